The van der Waals surface area contributed by atoms with Gasteiger partial charge in [-0.1, -0.05) is 0 Å². The van der Waals surface area contributed by atoms with E-state index in [0.29, 0.717) is 12.8 Å². The fourth-order valence-electron chi connectivity index (χ4n) is 1.76. The highest BCUT2D eigenvalue weighted by Gasteiger charge is 2.47. The van der Waals surface area contributed by atoms with E-state index in [0.717, 1.165) is 27.1 Å². The van der Waals surface area contributed by atoms with Crippen LogP contribution in [-0.4, -0.2) is 25.0 Å². The fourth-order valence-corrected chi connectivity index (χ4v) is 5.41. The van der Waals surface area contributed by atoms with Crippen LogP contribution < -0.4 is 4.72 Å². The van der Waals surface area contributed by atoms with Crippen LogP contribution >= 0.6 is 27.3 Å². The highest BCUT2D eigenvalue weighted by atomic mass is 79.9. The van der Waals surface area contributed by atoms with Crippen LogP contribution in [-0.2, 0) is 14.8 Å². The Hall–Kier alpha value is -0.440. The van der Waals surface area contributed by atoms with Crippen LogP contribution in [0.3, 0.4) is 0 Å². The van der Waals surface area contributed by atoms with Crippen molar-refractivity contribution in [2.24, 2.45) is 0 Å². The first-order chi connectivity index (χ1) is 8.27. The maximum absolute atomic E-state index is 12.1. The number of hydrogen-bond acceptors (Lipinski definition) is 4. The smallest absolute Gasteiger partial charge is 0.324 e. The topological polar surface area (TPSA) is 83.5 Å². The van der Waals surface area contributed by atoms with Crippen LogP contribution in [0.25, 0.3) is 0 Å². The molecule has 0 radical (unpaired) electrons. The number of carboxylic acid groups (broad SMARTS) is 1. The van der Waals surface area contributed by atoms with E-state index in [-0.39, 0.29) is 4.21 Å². The molecular formula is C10H12BrNO4S2. The van der Waals surface area contributed by atoms with Gasteiger partial charge in [0, 0.05) is 0 Å². The highest BCUT2D eigenvalue weighted by Crippen LogP contribution is 2.36. The zero-order valence-corrected chi connectivity index (χ0v) is 12.8. The van der Waals surface area contributed by atoms with Crippen molar-refractivity contribution in [2.75, 3.05) is 0 Å². The molecule has 2 rings (SSSR count). The van der Waals surface area contributed by atoms with Gasteiger partial charge in [0.25, 0.3) is 10.0 Å². The van der Waals surface area contributed by atoms with E-state index in [2.05, 4.69) is 20.7 Å². The van der Waals surface area contributed by atoms with Crippen LogP contribution in [0.4, 0.5) is 0 Å². The Bertz CT molecular complexity index is 570. The monoisotopic (exact) mass is 353 g/mol. The van der Waals surface area contributed by atoms with Crippen molar-refractivity contribution >= 4 is 43.3 Å². The Morgan fingerprint density at radius 3 is 2.50 bits per heavy atom. The van der Waals surface area contributed by atoms with E-state index >= 15 is 0 Å². The summed E-state index contributed by atoms with van der Waals surface area (Å²) in [7, 11) is -3.77. The molecule has 8 heteroatoms. The number of nitrogens with one attached hydrogen (secondary N) is 1. The summed E-state index contributed by atoms with van der Waals surface area (Å²) in [5.41, 5.74) is -0.498. The summed E-state index contributed by atoms with van der Waals surface area (Å²) in [6.07, 6.45) is 1.40. The molecule has 0 amide bonds. The zero-order valence-electron chi connectivity index (χ0n) is 9.57. The second kappa shape index (κ2) is 4.59. The fraction of sp³-hybridized carbons (Fsp3) is 0.500. The number of carbonyl (C=O) groups is 1. The minimum Gasteiger partial charge on any atom is -0.480 e. The minimum atomic E-state index is -3.77. The summed E-state index contributed by atoms with van der Waals surface area (Å²) < 4.78 is 27.5. The number of aryl methyl sites for hydroxylation is 1. The average molecular weight is 354 g/mol. The molecule has 1 saturated carbocycles. The van der Waals surface area contributed by atoms with Gasteiger partial charge < -0.3 is 5.11 Å². The number of aliphatic carboxylic acids is 1. The van der Waals surface area contributed by atoms with Crippen LogP contribution in [0.1, 0.15) is 24.8 Å². The number of carboxylic acids is 1. The van der Waals surface area contributed by atoms with E-state index in [4.69, 9.17) is 5.11 Å². The lowest BCUT2D eigenvalue weighted by molar-refractivity contribution is -0.147. The SMILES string of the molecule is Cc1cc(S(=O)(=O)NC2(C(=O)O)CCC2)sc1Br. The maximum Gasteiger partial charge on any atom is 0.324 e. The predicted molar refractivity (Wildman–Crippen MR) is 71.3 cm³/mol. The third kappa shape index (κ3) is 2.34. The molecule has 1 aromatic rings. The molecule has 1 heterocycles. The molecule has 0 saturated heterocycles. The molecule has 18 heavy (non-hydrogen) atoms. The molecule has 100 valence electrons. The van der Waals surface area contributed by atoms with Crippen molar-refractivity contribution < 1.29 is 18.3 Å². The lowest BCUT2D eigenvalue weighted by Gasteiger charge is -2.37. The summed E-state index contributed by atoms with van der Waals surface area (Å²) >= 11 is 4.34. The van der Waals surface area contributed by atoms with Crippen molar-refractivity contribution in [3.05, 3.63) is 15.4 Å². The maximum atomic E-state index is 12.1. The standard InChI is InChI=1S/C10H12BrNO4S2/c1-6-5-7(17-8(6)11)18(15,16)12-10(9(13)14)3-2-4-10/h5,12H,2-4H2,1H3,(H,13,14). The van der Waals surface area contributed by atoms with Crippen molar-refractivity contribution in [3.63, 3.8) is 0 Å². The molecule has 5 nitrogen and oxygen atoms in total. The molecule has 1 aromatic heterocycles. The second-order valence-corrected chi connectivity index (χ2v) is 8.65. The van der Waals surface area contributed by atoms with Crippen LogP contribution in [0.5, 0.6) is 0 Å². The number of rotatable bonds is 4. The Morgan fingerprint density at radius 2 is 2.17 bits per heavy atom. The molecule has 0 atom stereocenters. The number of thiophene rings is 1. The molecule has 0 bridgehead atoms. The molecule has 2 N–H and O–H groups in total. The zero-order chi connectivity index (χ0) is 13.6. The molecule has 0 spiro atoms. The summed E-state index contributed by atoms with van der Waals surface area (Å²) in [5.74, 6) is -1.11. The molecule has 0 aromatic carbocycles. The van der Waals surface area contributed by atoms with E-state index < -0.39 is 21.5 Å². The quantitative estimate of drug-likeness (QED) is 0.868. The lowest BCUT2D eigenvalue weighted by atomic mass is 9.78. The van der Waals surface area contributed by atoms with Gasteiger partial charge in [0.15, 0.2) is 0 Å². The van der Waals surface area contributed by atoms with E-state index in [1.54, 1.807) is 6.92 Å². The van der Waals surface area contributed by atoms with Crippen molar-refractivity contribution in [1.29, 1.82) is 0 Å². The average Bonchev–Trinajstić information content (AvgIpc) is 2.53. The van der Waals surface area contributed by atoms with Crippen LogP contribution in [0.2, 0.25) is 0 Å². The first-order valence-electron chi connectivity index (χ1n) is 5.30. The normalized spacial score (nSPS) is 18.3. The van der Waals surface area contributed by atoms with E-state index in [1.807, 2.05) is 0 Å². The molecule has 0 aliphatic heterocycles. The van der Waals surface area contributed by atoms with Gasteiger partial charge in [0.05, 0.1) is 3.79 Å². The number of sulfonamides is 1. The lowest BCUT2D eigenvalue weighted by Crippen LogP contribution is -2.58. The van der Waals surface area contributed by atoms with Crippen LogP contribution in [0, 0.1) is 6.92 Å². The van der Waals surface area contributed by atoms with Gasteiger partial charge in [0.1, 0.15) is 9.75 Å². The minimum absolute atomic E-state index is 0.138. The Balaban J connectivity index is 2.30. The van der Waals surface area contributed by atoms with Gasteiger partial charge in [-0.3, -0.25) is 4.79 Å². The second-order valence-electron chi connectivity index (χ2n) is 4.37. The third-order valence-corrected chi connectivity index (χ3v) is 7.19. The summed E-state index contributed by atoms with van der Waals surface area (Å²) in [4.78, 5) is 11.2. The molecular weight excluding hydrogens is 342 g/mol. The Kier molecular flexibility index (Phi) is 3.56. The van der Waals surface area contributed by atoms with Gasteiger partial charge in [-0.25, -0.2) is 8.42 Å². The predicted octanol–water partition coefficient (Wildman–Crippen LogP) is 2.10. The van der Waals surface area contributed by atoms with E-state index in [9.17, 15) is 13.2 Å². The van der Waals surface area contributed by atoms with Gasteiger partial charge in [-0.2, -0.15) is 4.72 Å². The van der Waals surface area contributed by atoms with Crippen molar-refractivity contribution in [1.82, 2.24) is 4.72 Å². The van der Waals surface area contributed by atoms with Gasteiger partial charge >= 0.3 is 5.97 Å². The van der Waals surface area contributed by atoms with E-state index in [1.165, 1.54) is 6.07 Å². The highest BCUT2D eigenvalue weighted by molar-refractivity contribution is 9.11. The number of halogens is 1. The van der Waals surface area contributed by atoms with Crippen LogP contribution in [0.15, 0.2) is 14.1 Å². The molecule has 0 unspecified atom stereocenters. The van der Waals surface area contributed by atoms with Gasteiger partial charge in [-0.15, -0.1) is 11.3 Å². The molecule has 1 aliphatic rings. The Morgan fingerprint density at radius 1 is 1.56 bits per heavy atom. The van der Waals surface area contributed by atoms with Gasteiger partial charge in [-0.05, 0) is 53.7 Å². The van der Waals surface area contributed by atoms with Gasteiger partial charge in [0.2, 0.25) is 0 Å². The largest absolute Gasteiger partial charge is 0.480 e. The summed E-state index contributed by atoms with van der Waals surface area (Å²) in [5, 5.41) is 9.12. The first kappa shape index (κ1) is 14.0. The summed E-state index contributed by atoms with van der Waals surface area (Å²) in [6.45, 7) is 1.79. The number of hydrogen-bond donors (Lipinski definition) is 2. The van der Waals surface area contributed by atoms with Crippen molar-refractivity contribution in [2.45, 2.75) is 35.9 Å². The molecule has 1 aliphatic carbocycles. The first-order valence-corrected chi connectivity index (χ1v) is 8.39. The Labute approximate surface area is 117 Å². The summed E-state index contributed by atoms with van der Waals surface area (Å²) in [6, 6.07) is 1.53. The van der Waals surface area contributed by atoms with Crippen molar-refractivity contribution in [3.8, 4) is 0 Å². The third-order valence-electron chi connectivity index (χ3n) is 3.05. The molecule has 1 fully saturated rings.